The molecular weight excluding hydrogens is 244 g/mol. The predicted molar refractivity (Wildman–Crippen MR) is 86.0 cm³/mol. The van der Waals surface area contributed by atoms with E-state index in [1.165, 1.54) is 38.9 Å². The number of H-pyrrole nitrogens is 1. The fourth-order valence-corrected chi connectivity index (χ4v) is 2.97. The molecule has 0 aliphatic heterocycles. The summed E-state index contributed by atoms with van der Waals surface area (Å²) in [5.74, 6) is 0. The van der Waals surface area contributed by atoms with Crippen LogP contribution in [-0.2, 0) is 6.42 Å². The Kier molecular flexibility index (Phi) is 3.33. The Hall–Kier alpha value is -2.06. The van der Waals surface area contributed by atoms with Crippen molar-refractivity contribution < 1.29 is 0 Å². The highest BCUT2D eigenvalue weighted by atomic mass is 14.7. The Balaban J connectivity index is 2.26. The van der Waals surface area contributed by atoms with Crippen molar-refractivity contribution in [3.05, 3.63) is 59.2 Å². The lowest BCUT2D eigenvalue weighted by Crippen LogP contribution is -2.03. The first-order valence-corrected chi connectivity index (χ1v) is 7.07. The van der Waals surface area contributed by atoms with Crippen molar-refractivity contribution in [3.63, 3.8) is 0 Å². The second-order valence-corrected chi connectivity index (χ2v) is 5.44. The number of hydrogen-bond donors (Lipinski definition) is 2. The third-order valence-corrected chi connectivity index (χ3v) is 3.72. The summed E-state index contributed by atoms with van der Waals surface area (Å²) in [5, 5.41) is 1.28. The number of aromatic nitrogens is 1. The molecule has 0 aliphatic rings. The molecule has 3 aromatic rings. The van der Waals surface area contributed by atoms with Crippen LogP contribution in [0.3, 0.4) is 0 Å². The van der Waals surface area contributed by atoms with E-state index in [0.717, 1.165) is 6.42 Å². The van der Waals surface area contributed by atoms with Crippen molar-refractivity contribution in [1.82, 2.24) is 4.98 Å². The SMILES string of the molecule is Cc1cc(C)cc(-c2[nH]c3ccccc3c2CCN)c1. The van der Waals surface area contributed by atoms with Crippen molar-refractivity contribution in [3.8, 4) is 11.3 Å². The standard InChI is InChI=1S/C18H20N2/c1-12-9-13(2)11-14(10-12)18-16(7-8-19)15-5-3-4-6-17(15)20-18/h3-6,9-11,20H,7-8,19H2,1-2H3. The molecule has 0 saturated heterocycles. The number of aryl methyl sites for hydroxylation is 2. The van der Waals surface area contributed by atoms with E-state index in [1.54, 1.807) is 0 Å². The van der Waals surface area contributed by atoms with Gasteiger partial charge in [-0.3, -0.25) is 0 Å². The summed E-state index contributed by atoms with van der Waals surface area (Å²) < 4.78 is 0. The molecule has 1 aromatic heterocycles. The highest BCUT2D eigenvalue weighted by Crippen LogP contribution is 2.31. The van der Waals surface area contributed by atoms with Gasteiger partial charge in [-0.25, -0.2) is 0 Å². The van der Waals surface area contributed by atoms with Crippen LogP contribution in [0.5, 0.6) is 0 Å². The first kappa shape index (κ1) is 12.9. The molecule has 0 fully saturated rings. The molecule has 0 unspecified atom stereocenters. The maximum atomic E-state index is 5.80. The van der Waals surface area contributed by atoms with Gasteiger partial charge >= 0.3 is 0 Å². The molecule has 2 nitrogen and oxygen atoms in total. The van der Waals surface area contributed by atoms with Gasteiger partial charge in [0.1, 0.15) is 0 Å². The van der Waals surface area contributed by atoms with Crippen LogP contribution in [0, 0.1) is 13.8 Å². The number of para-hydroxylation sites is 1. The largest absolute Gasteiger partial charge is 0.354 e. The highest BCUT2D eigenvalue weighted by Gasteiger charge is 2.12. The lowest BCUT2D eigenvalue weighted by Gasteiger charge is -2.07. The van der Waals surface area contributed by atoms with E-state index >= 15 is 0 Å². The smallest absolute Gasteiger partial charge is 0.0498 e. The van der Waals surface area contributed by atoms with Crippen molar-refractivity contribution in [2.24, 2.45) is 5.73 Å². The third-order valence-electron chi connectivity index (χ3n) is 3.72. The monoisotopic (exact) mass is 264 g/mol. The third kappa shape index (κ3) is 2.23. The molecular formula is C18H20N2. The van der Waals surface area contributed by atoms with Gasteiger partial charge < -0.3 is 10.7 Å². The van der Waals surface area contributed by atoms with E-state index in [2.05, 4.69) is 61.3 Å². The molecule has 102 valence electrons. The fourth-order valence-electron chi connectivity index (χ4n) is 2.97. The lowest BCUT2D eigenvalue weighted by molar-refractivity contribution is 0.978. The number of hydrogen-bond acceptors (Lipinski definition) is 1. The molecule has 20 heavy (non-hydrogen) atoms. The molecule has 0 aliphatic carbocycles. The number of aromatic amines is 1. The van der Waals surface area contributed by atoms with E-state index in [9.17, 15) is 0 Å². The van der Waals surface area contributed by atoms with Crippen molar-refractivity contribution >= 4 is 10.9 Å². The van der Waals surface area contributed by atoms with E-state index in [0.29, 0.717) is 6.54 Å². The van der Waals surface area contributed by atoms with Gasteiger partial charge in [0.25, 0.3) is 0 Å². The number of nitrogens with one attached hydrogen (secondary N) is 1. The van der Waals surface area contributed by atoms with Gasteiger partial charge in [0.05, 0.1) is 0 Å². The predicted octanol–water partition coefficient (Wildman–Crippen LogP) is 3.95. The minimum atomic E-state index is 0.666. The van der Waals surface area contributed by atoms with Gasteiger partial charge in [0.2, 0.25) is 0 Å². The van der Waals surface area contributed by atoms with Crippen molar-refractivity contribution in [1.29, 1.82) is 0 Å². The Bertz CT molecular complexity index is 733. The average Bonchev–Trinajstić information content (AvgIpc) is 2.77. The number of nitrogens with two attached hydrogens (primary N) is 1. The topological polar surface area (TPSA) is 41.8 Å². The van der Waals surface area contributed by atoms with Gasteiger partial charge in [-0.2, -0.15) is 0 Å². The van der Waals surface area contributed by atoms with Crippen molar-refractivity contribution in [2.75, 3.05) is 6.54 Å². The zero-order valence-electron chi connectivity index (χ0n) is 12.0. The maximum Gasteiger partial charge on any atom is 0.0498 e. The lowest BCUT2D eigenvalue weighted by atomic mass is 9.99. The Morgan fingerprint density at radius 3 is 2.40 bits per heavy atom. The highest BCUT2D eigenvalue weighted by molar-refractivity contribution is 5.91. The van der Waals surface area contributed by atoms with E-state index in [1.807, 2.05) is 0 Å². The van der Waals surface area contributed by atoms with Crippen LogP contribution in [0.2, 0.25) is 0 Å². The molecule has 0 amide bonds. The Morgan fingerprint density at radius 1 is 1.00 bits per heavy atom. The van der Waals surface area contributed by atoms with Crippen LogP contribution in [0.15, 0.2) is 42.5 Å². The molecule has 0 radical (unpaired) electrons. The van der Waals surface area contributed by atoms with Crippen LogP contribution in [0.1, 0.15) is 16.7 Å². The van der Waals surface area contributed by atoms with E-state index in [4.69, 9.17) is 5.73 Å². The van der Waals surface area contributed by atoms with E-state index in [-0.39, 0.29) is 0 Å². The molecule has 2 heteroatoms. The van der Waals surface area contributed by atoms with E-state index < -0.39 is 0 Å². The average molecular weight is 264 g/mol. The van der Waals surface area contributed by atoms with Gasteiger partial charge in [-0.05, 0) is 56.1 Å². The second-order valence-electron chi connectivity index (χ2n) is 5.44. The molecule has 3 rings (SSSR count). The zero-order chi connectivity index (χ0) is 14.1. The first-order chi connectivity index (χ1) is 9.69. The summed E-state index contributed by atoms with van der Waals surface area (Å²) in [6, 6.07) is 15.1. The van der Waals surface area contributed by atoms with Crippen LogP contribution < -0.4 is 5.73 Å². The summed E-state index contributed by atoms with van der Waals surface area (Å²) in [6.45, 7) is 4.95. The molecule has 0 saturated carbocycles. The molecule has 0 atom stereocenters. The first-order valence-electron chi connectivity index (χ1n) is 7.07. The van der Waals surface area contributed by atoms with Crippen LogP contribution in [-0.4, -0.2) is 11.5 Å². The summed E-state index contributed by atoms with van der Waals surface area (Å²) >= 11 is 0. The molecule has 0 bridgehead atoms. The van der Waals surface area contributed by atoms with Crippen LogP contribution in [0.4, 0.5) is 0 Å². The quantitative estimate of drug-likeness (QED) is 0.739. The number of rotatable bonds is 3. The molecule has 0 spiro atoms. The maximum absolute atomic E-state index is 5.80. The van der Waals surface area contributed by atoms with Gasteiger partial charge in [0, 0.05) is 16.6 Å². The van der Waals surface area contributed by atoms with Gasteiger partial charge in [-0.1, -0.05) is 35.4 Å². The second kappa shape index (κ2) is 5.14. The van der Waals surface area contributed by atoms with Crippen LogP contribution >= 0.6 is 0 Å². The summed E-state index contributed by atoms with van der Waals surface area (Å²) in [5.41, 5.74) is 13.4. The summed E-state index contributed by atoms with van der Waals surface area (Å²) in [7, 11) is 0. The summed E-state index contributed by atoms with van der Waals surface area (Å²) in [4.78, 5) is 3.56. The van der Waals surface area contributed by atoms with Gasteiger partial charge in [-0.15, -0.1) is 0 Å². The fraction of sp³-hybridized carbons (Fsp3) is 0.222. The zero-order valence-corrected chi connectivity index (χ0v) is 12.0. The number of fused-ring (bicyclic) bond motifs is 1. The molecule has 2 aromatic carbocycles. The van der Waals surface area contributed by atoms with Crippen LogP contribution in [0.25, 0.3) is 22.2 Å². The number of benzene rings is 2. The van der Waals surface area contributed by atoms with Gasteiger partial charge in [0.15, 0.2) is 0 Å². The Labute approximate surface area is 119 Å². The minimum Gasteiger partial charge on any atom is -0.354 e. The normalized spacial score (nSPS) is 11.2. The Morgan fingerprint density at radius 2 is 1.70 bits per heavy atom. The minimum absolute atomic E-state index is 0.666. The molecule has 1 heterocycles. The molecule has 3 N–H and O–H groups in total. The summed E-state index contributed by atoms with van der Waals surface area (Å²) in [6.07, 6.45) is 0.895. The van der Waals surface area contributed by atoms with Crippen molar-refractivity contribution in [2.45, 2.75) is 20.3 Å².